The molecule has 0 aliphatic heterocycles. The van der Waals surface area contributed by atoms with Crippen LogP contribution in [0.1, 0.15) is 30.5 Å². The van der Waals surface area contributed by atoms with Crippen molar-refractivity contribution in [2.24, 2.45) is 0 Å². The zero-order chi connectivity index (χ0) is 27.9. The van der Waals surface area contributed by atoms with E-state index in [0.29, 0.717) is 16.7 Å². The Bertz CT molecular complexity index is 1100. The molecule has 1 N–H and O–H groups in total. The minimum Gasteiger partial charge on any atom is -0.493 e. The van der Waals surface area contributed by atoms with Crippen LogP contribution in [-0.2, 0) is 30.4 Å². The van der Waals surface area contributed by atoms with Gasteiger partial charge in [0.1, 0.15) is 5.75 Å². The van der Waals surface area contributed by atoms with Crippen molar-refractivity contribution in [1.82, 2.24) is 0 Å². The summed E-state index contributed by atoms with van der Waals surface area (Å²) in [4.78, 5) is 47.1. The second kappa shape index (κ2) is 15.5. The van der Waals surface area contributed by atoms with Crippen LogP contribution in [0.4, 0.5) is 9.59 Å². The van der Waals surface area contributed by atoms with Gasteiger partial charge in [0.25, 0.3) is 0 Å². The summed E-state index contributed by atoms with van der Waals surface area (Å²) in [6, 6.07) is 9.16. The van der Waals surface area contributed by atoms with E-state index in [0.717, 1.165) is 6.08 Å². The Morgan fingerprint density at radius 2 is 1.34 bits per heavy atom. The van der Waals surface area contributed by atoms with E-state index in [1.807, 2.05) is 0 Å². The molecular weight excluding hydrogens is 500 g/mol. The highest BCUT2D eigenvalue weighted by Gasteiger charge is 2.12. The lowest BCUT2D eigenvalue weighted by Gasteiger charge is -2.09. The summed E-state index contributed by atoms with van der Waals surface area (Å²) in [7, 11) is 1.40. The monoisotopic (exact) mass is 528 g/mol. The Morgan fingerprint density at radius 3 is 1.95 bits per heavy atom. The predicted molar refractivity (Wildman–Crippen MR) is 135 cm³/mol. The molecule has 0 aromatic heterocycles. The molecule has 0 saturated carbocycles. The molecule has 2 aromatic carbocycles. The van der Waals surface area contributed by atoms with Gasteiger partial charge in [-0.15, -0.1) is 0 Å². The number of carbonyl (C=O) groups excluding carboxylic acids is 4. The van der Waals surface area contributed by atoms with E-state index >= 15 is 0 Å². The van der Waals surface area contributed by atoms with Gasteiger partial charge in [0.2, 0.25) is 0 Å². The van der Waals surface area contributed by atoms with Gasteiger partial charge < -0.3 is 33.5 Å². The van der Waals surface area contributed by atoms with E-state index in [1.54, 1.807) is 32.0 Å². The molecule has 0 aliphatic carbocycles. The van der Waals surface area contributed by atoms with Crippen molar-refractivity contribution in [3.63, 3.8) is 0 Å². The third-order valence-electron chi connectivity index (χ3n) is 4.58. The van der Waals surface area contributed by atoms with Gasteiger partial charge in [-0.3, -0.25) is 4.79 Å². The van der Waals surface area contributed by atoms with Crippen molar-refractivity contribution in [2.45, 2.75) is 20.5 Å². The maximum atomic E-state index is 12.1. The quantitative estimate of drug-likeness (QED) is 0.184. The Morgan fingerprint density at radius 1 is 0.763 bits per heavy atom. The normalized spacial score (nSPS) is 10.7. The molecule has 11 nitrogen and oxygen atoms in total. The van der Waals surface area contributed by atoms with E-state index in [1.165, 1.54) is 43.5 Å². The number of ether oxygens (including phenoxy) is 6. The van der Waals surface area contributed by atoms with Gasteiger partial charge in [-0.25, -0.2) is 14.4 Å². The fourth-order valence-corrected chi connectivity index (χ4v) is 2.86. The summed E-state index contributed by atoms with van der Waals surface area (Å²) in [5, 5.41) is 9.51. The molecule has 0 radical (unpaired) electrons. The van der Waals surface area contributed by atoms with Crippen molar-refractivity contribution in [3.8, 4) is 17.2 Å². The van der Waals surface area contributed by atoms with Crippen molar-refractivity contribution in [2.75, 3.05) is 26.9 Å². The number of rotatable bonds is 12. The molecule has 0 saturated heterocycles. The number of benzene rings is 2. The van der Waals surface area contributed by atoms with E-state index in [2.05, 4.69) is 0 Å². The van der Waals surface area contributed by atoms with Gasteiger partial charge >= 0.3 is 18.3 Å². The number of methoxy groups -OCH3 is 1. The average Bonchev–Trinajstić information content (AvgIpc) is 2.90. The second-order valence-electron chi connectivity index (χ2n) is 7.25. The van der Waals surface area contributed by atoms with Crippen LogP contribution in [0.25, 0.3) is 12.2 Å². The van der Waals surface area contributed by atoms with E-state index in [-0.39, 0.29) is 30.5 Å². The van der Waals surface area contributed by atoms with Crippen molar-refractivity contribution >= 4 is 36.2 Å². The van der Waals surface area contributed by atoms with E-state index in [4.69, 9.17) is 28.4 Å². The van der Waals surface area contributed by atoms with Gasteiger partial charge in [0.15, 0.2) is 23.9 Å². The molecule has 0 aliphatic rings. The first-order valence-electron chi connectivity index (χ1n) is 11.5. The SMILES string of the molecule is CCOC(=O)Oc1ccc(/C=C/C(=O)OCC(=O)/C=C/c2ccc(OC(=O)OCC)c(OC)c2)cc1CO. The smallest absolute Gasteiger partial charge is 0.493 e. The van der Waals surface area contributed by atoms with Gasteiger partial charge in [0.05, 0.1) is 26.9 Å². The summed E-state index contributed by atoms with van der Waals surface area (Å²) in [6.07, 6.45) is 3.49. The molecule has 0 amide bonds. The van der Waals surface area contributed by atoms with Crippen LogP contribution in [0.3, 0.4) is 0 Å². The number of ketones is 1. The highest BCUT2D eigenvalue weighted by Crippen LogP contribution is 2.29. The van der Waals surface area contributed by atoms with E-state index < -0.39 is 37.3 Å². The summed E-state index contributed by atoms with van der Waals surface area (Å²) < 4.78 is 29.6. The zero-order valence-corrected chi connectivity index (χ0v) is 21.1. The highest BCUT2D eigenvalue weighted by atomic mass is 16.7. The topological polar surface area (TPSA) is 144 Å². The molecule has 11 heteroatoms. The first-order chi connectivity index (χ1) is 18.3. The van der Waals surface area contributed by atoms with E-state index in [9.17, 15) is 24.3 Å². The average molecular weight is 529 g/mol. The van der Waals surface area contributed by atoms with Crippen LogP contribution in [0.5, 0.6) is 17.2 Å². The molecule has 0 atom stereocenters. The van der Waals surface area contributed by atoms with Crippen LogP contribution in [-0.4, -0.2) is 56.1 Å². The third-order valence-corrected chi connectivity index (χ3v) is 4.58. The number of aliphatic hydroxyl groups is 1. The largest absolute Gasteiger partial charge is 0.513 e. The van der Waals surface area contributed by atoms with Crippen LogP contribution in [0.2, 0.25) is 0 Å². The molecule has 0 bridgehead atoms. The predicted octanol–water partition coefficient (Wildman–Crippen LogP) is 4.10. The molecule has 0 unspecified atom stereocenters. The molecule has 0 heterocycles. The van der Waals surface area contributed by atoms with Crippen LogP contribution in [0.15, 0.2) is 48.6 Å². The first-order valence-corrected chi connectivity index (χ1v) is 11.5. The van der Waals surface area contributed by atoms with Gasteiger partial charge in [-0.2, -0.15) is 0 Å². The number of hydrogen-bond acceptors (Lipinski definition) is 11. The Kier molecular flexibility index (Phi) is 12.0. The highest BCUT2D eigenvalue weighted by molar-refractivity contribution is 5.96. The Labute approximate surface area is 219 Å². The lowest BCUT2D eigenvalue weighted by atomic mass is 10.1. The minimum atomic E-state index is -0.896. The second-order valence-corrected chi connectivity index (χ2v) is 7.25. The standard InChI is InChI=1S/C27H28O11/c1-4-34-26(31)37-22-11-7-18(14-20(22)16-28)9-13-25(30)36-17-21(29)10-6-19-8-12-23(24(15-19)33-3)38-27(32)35-5-2/h6-15,28H,4-5,16-17H2,1-3H3/b10-6+,13-9+. The number of esters is 1. The summed E-state index contributed by atoms with van der Waals surface area (Å²) in [6.45, 7) is 2.69. The maximum Gasteiger partial charge on any atom is 0.513 e. The minimum absolute atomic E-state index is 0.127. The van der Waals surface area contributed by atoms with Crippen molar-refractivity contribution in [1.29, 1.82) is 0 Å². The first kappa shape index (κ1) is 29.6. The lowest BCUT2D eigenvalue weighted by molar-refractivity contribution is -0.141. The summed E-state index contributed by atoms with van der Waals surface area (Å²) in [5.74, 6) is -0.690. The molecule has 0 spiro atoms. The molecule has 202 valence electrons. The van der Waals surface area contributed by atoms with Gasteiger partial charge in [-0.05, 0) is 61.4 Å². The number of carbonyl (C=O) groups is 4. The lowest BCUT2D eigenvalue weighted by Crippen LogP contribution is -2.11. The zero-order valence-electron chi connectivity index (χ0n) is 21.1. The van der Waals surface area contributed by atoms with Crippen molar-refractivity contribution in [3.05, 3.63) is 65.2 Å². The van der Waals surface area contributed by atoms with Crippen LogP contribution in [0, 0.1) is 0 Å². The summed E-state index contributed by atoms with van der Waals surface area (Å²) in [5.41, 5.74) is 1.41. The molecule has 2 aromatic rings. The van der Waals surface area contributed by atoms with Crippen LogP contribution >= 0.6 is 0 Å². The molecule has 2 rings (SSSR count). The van der Waals surface area contributed by atoms with Gasteiger partial charge in [0, 0.05) is 11.6 Å². The Hall–Kier alpha value is -4.64. The summed E-state index contributed by atoms with van der Waals surface area (Å²) >= 11 is 0. The van der Waals surface area contributed by atoms with Gasteiger partial charge in [-0.1, -0.05) is 18.2 Å². The number of aliphatic hydroxyl groups excluding tert-OH is 1. The molecule has 38 heavy (non-hydrogen) atoms. The number of hydrogen-bond donors (Lipinski definition) is 1. The van der Waals surface area contributed by atoms with Crippen LogP contribution < -0.4 is 14.2 Å². The molecular formula is C27H28O11. The third kappa shape index (κ3) is 9.78. The molecule has 0 fully saturated rings. The maximum absolute atomic E-state index is 12.1. The fourth-order valence-electron chi connectivity index (χ4n) is 2.86. The Balaban J connectivity index is 1.91. The fraction of sp³-hybridized carbons (Fsp3) is 0.259. The van der Waals surface area contributed by atoms with Crippen molar-refractivity contribution < 1.29 is 52.7 Å².